The number of aryl methyl sites for hydroxylation is 3. The molecule has 1 aromatic carbocycles. The quantitative estimate of drug-likeness (QED) is 0.715. The molecular weight excluding hydrogens is 250 g/mol. The van der Waals surface area contributed by atoms with Gasteiger partial charge in [0, 0.05) is 11.1 Å². The third-order valence-electron chi connectivity index (χ3n) is 3.44. The second-order valence-electron chi connectivity index (χ2n) is 5.02. The van der Waals surface area contributed by atoms with E-state index in [1.807, 2.05) is 36.7 Å². The van der Waals surface area contributed by atoms with Crippen LogP contribution in [0.3, 0.4) is 0 Å². The Kier molecular flexibility index (Phi) is 2.93. The molecule has 20 heavy (non-hydrogen) atoms. The number of methoxy groups -OCH3 is 1. The van der Waals surface area contributed by atoms with Crippen LogP contribution in [0.1, 0.15) is 17.0 Å². The molecule has 3 aromatic rings. The summed E-state index contributed by atoms with van der Waals surface area (Å²) in [6, 6.07) is 10.0. The predicted molar refractivity (Wildman–Crippen MR) is 79.6 cm³/mol. The minimum atomic E-state index is 0.848. The van der Waals surface area contributed by atoms with E-state index < -0.39 is 0 Å². The first-order chi connectivity index (χ1) is 9.58. The Bertz CT molecular complexity index is 790. The van der Waals surface area contributed by atoms with Crippen molar-refractivity contribution in [2.75, 3.05) is 7.11 Å². The summed E-state index contributed by atoms with van der Waals surface area (Å²) in [5.74, 6) is 1.70. The molecule has 3 rings (SSSR count). The van der Waals surface area contributed by atoms with E-state index in [1.54, 1.807) is 7.11 Å². The highest BCUT2D eigenvalue weighted by Gasteiger charge is 2.09. The van der Waals surface area contributed by atoms with Gasteiger partial charge in [0.05, 0.1) is 18.3 Å². The zero-order chi connectivity index (χ0) is 14.3. The molecule has 0 aliphatic carbocycles. The molecule has 0 N–H and O–H groups in total. The van der Waals surface area contributed by atoms with E-state index >= 15 is 0 Å². The second kappa shape index (κ2) is 4.63. The van der Waals surface area contributed by atoms with E-state index in [4.69, 9.17) is 9.72 Å². The summed E-state index contributed by atoms with van der Waals surface area (Å²) < 4.78 is 7.15. The van der Waals surface area contributed by atoms with Gasteiger partial charge in [-0.2, -0.15) is 5.10 Å². The standard InChI is InChI=1S/C16H17N3O/c1-10-7-16(19-12(3)8-11(2)18-19)17-15-6-5-13(20-4)9-14(10)15/h5-9H,1-4H3. The van der Waals surface area contributed by atoms with Gasteiger partial charge in [0.25, 0.3) is 0 Å². The molecule has 2 aromatic heterocycles. The van der Waals surface area contributed by atoms with Crippen LogP contribution in [0.15, 0.2) is 30.3 Å². The van der Waals surface area contributed by atoms with Gasteiger partial charge in [0.2, 0.25) is 0 Å². The molecule has 0 amide bonds. The largest absolute Gasteiger partial charge is 0.497 e. The second-order valence-corrected chi connectivity index (χ2v) is 5.02. The lowest BCUT2D eigenvalue weighted by molar-refractivity contribution is 0.415. The van der Waals surface area contributed by atoms with E-state index in [-0.39, 0.29) is 0 Å². The number of ether oxygens (including phenoxy) is 1. The van der Waals surface area contributed by atoms with Crippen molar-refractivity contribution in [1.82, 2.24) is 14.8 Å². The molecule has 4 nitrogen and oxygen atoms in total. The maximum absolute atomic E-state index is 5.27. The summed E-state index contributed by atoms with van der Waals surface area (Å²) in [5, 5.41) is 5.60. The van der Waals surface area contributed by atoms with Gasteiger partial charge in [-0.05, 0) is 56.7 Å². The number of fused-ring (bicyclic) bond motifs is 1. The van der Waals surface area contributed by atoms with Crippen LogP contribution in [-0.4, -0.2) is 21.9 Å². The Morgan fingerprint density at radius 3 is 2.50 bits per heavy atom. The molecule has 0 saturated heterocycles. The Labute approximate surface area is 118 Å². The summed E-state index contributed by atoms with van der Waals surface area (Å²) in [7, 11) is 1.67. The van der Waals surface area contributed by atoms with Crippen molar-refractivity contribution in [2.45, 2.75) is 20.8 Å². The average molecular weight is 267 g/mol. The number of pyridine rings is 1. The molecule has 0 fully saturated rings. The highest BCUT2D eigenvalue weighted by Crippen LogP contribution is 2.24. The highest BCUT2D eigenvalue weighted by molar-refractivity contribution is 5.84. The van der Waals surface area contributed by atoms with Crippen LogP contribution in [0.4, 0.5) is 0 Å². The van der Waals surface area contributed by atoms with Crippen molar-refractivity contribution in [3.05, 3.63) is 47.3 Å². The maximum atomic E-state index is 5.27. The van der Waals surface area contributed by atoms with E-state index in [2.05, 4.69) is 24.2 Å². The molecule has 0 aliphatic rings. The smallest absolute Gasteiger partial charge is 0.154 e. The van der Waals surface area contributed by atoms with Crippen molar-refractivity contribution < 1.29 is 4.74 Å². The monoisotopic (exact) mass is 267 g/mol. The van der Waals surface area contributed by atoms with Gasteiger partial charge in [-0.15, -0.1) is 0 Å². The Hall–Kier alpha value is -2.36. The van der Waals surface area contributed by atoms with Gasteiger partial charge < -0.3 is 4.74 Å². The topological polar surface area (TPSA) is 39.9 Å². The van der Waals surface area contributed by atoms with Crippen LogP contribution in [0.25, 0.3) is 16.7 Å². The SMILES string of the molecule is COc1ccc2nc(-n3nc(C)cc3C)cc(C)c2c1. The van der Waals surface area contributed by atoms with Gasteiger partial charge in [-0.25, -0.2) is 9.67 Å². The molecular formula is C16H17N3O. The van der Waals surface area contributed by atoms with Crippen LogP contribution < -0.4 is 4.74 Å². The maximum Gasteiger partial charge on any atom is 0.154 e. The summed E-state index contributed by atoms with van der Waals surface area (Å²) in [4.78, 5) is 4.70. The summed E-state index contributed by atoms with van der Waals surface area (Å²) in [6.45, 7) is 6.11. The normalized spacial score (nSPS) is 11.0. The number of rotatable bonds is 2. The Morgan fingerprint density at radius 2 is 1.85 bits per heavy atom. The molecule has 0 atom stereocenters. The van der Waals surface area contributed by atoms with Gasteiger partial charge in [-0.3, -0.25) is 0 Å². The molecule has 0 aliphatic heterocycles. The number of hydrogen-bond acceptors (Lipinski definition) is 3. The minimum Gasteiger partial charge on any atom is -0.497 e. The van der Waals surface area contributed by atoms with Crippen LogP contribution >= 0.6 is 0 Å². The number of aromatic nitrogens is 3. The minimum absolute atomic E-state index is 0.848. The average Bonchev–Trinajstić information content (AvgIpc) is 2.77. The van der Waals surface area contributed by atoms with Gasteiger partial charge in [0.1, 0.15) is 5.75 Å². The van der Waals surface area contributed by atoms with Gasteiger partial charge in [0.15, 0.2) is 5.82 Å². The molecule has 0 radical (unpaired) electrons. The number of benzene rings is 1. The van der Waals surface area contributed by atoms with E-state index in [0.717, 1.165) is 39.4 Å². The number of nitrogens with zero attached hydrogens (tertiary/aromatic N) is 3. The summed E-state index contributed by atoms with van der Waals surface area (Å²) in [6.07, 6.45) is 0. The lowest BCUT2D eigenvalue weighted by Gasteiger charge is -2.09. The molecule has 0 saturated carbocycles. The molecule has 4 heteroatoms. The summed E-state index contributed by atoms with van der Waals surface area (Å²) >= 11 is 0. The molecule has 0 bridgehead atoms. The third kappa shape index (κ3) is 2.03. The third-order valence-corrected chi connectivity index (χ3v) is 3.44. The molecule has 0 unspecified atom stereocenters. The molecule has 102 valence electrons. The lowest BCUT2D eigenvalue weighted by Crippen LogP contribution is -2.03. The van der Waals surface area contributed by atoms with Crippen molar-refractivity contribution in [3.8, 4) is 11.6 Å². The fraction of sp³-hybridized carbons (Fsp3) is 0.250. The van der Waals surface area contributed by atoms with E-state index in [1.165, 1.54) is 0 Å². The Morgan fingerprint density at radius 1 is 1.05 bits per heavy atom. The van der Waals surface area contributed by atoms with Gasteiger partial charge >= 0.3 is 0 Å². The highest BCUT2D eigenvalue weighted by atomic mass is 16.5. The first kappa shape index (κ1) is 12.7. The van der Waals surface area contributed by atoms with Crippen LogP contribution in [-0.2, 0) is 0 Å². The summed E-state index contributed by atoms with van der Waals surface area (Å²) in [5.41, 5.74) is 4.20. The molecule has 0 spiro atoms. The first-order valence-electron chi connectivity index (χ1n) is 6.57. The van der Waals surface area contributed by atoms with Crippen molar-refractivity contribution >= 4 is 10.9 Å². The van der Waals surface area contributed by atoms with E-state index in [0.29, 0.717) is 0 Å². The first-order valence-corrected chi connectivity index (χ1v) is 6.57. The van der Waals surface area contributed by atoms with Crippen molar-refractivity contribution in [1.29, 1.82) is 0 Å². The van der Waals surface area contributed by atoms with Crippen LogP contribution in [0.2, 0.25) is 0 Å². The van der Waals surface area contributed by atoms with E-state index in [9.17, 15) is 0 Å². The predicted octanol–water partition coefficient (Wildman–Crippen LogP) is 3.35. The van der Waals surface area contributed by atoms with Crippen molar-refractivity contribution in [2.24, 2.45) is 0 Å². The van der Waals surface area contributed by atoms with Crippen LogP contribution in [0, 0.1) is 20.8 Å². The lowest BCUT2D eigenvalue weighted by atomic mass is 10.1. The molecule has 2 heterocycles. The fourth-order valence-electron chi connectivity index (χ4n) is 2.45. The Balaban J connectivity index is 2.22. The van der Waals surface area contributed by atoms with Crippen LogP contribution in [0.5, 0.6) is 5.75 Å². The zero-order valence-electron chi connectivity index (χ0n) is 12.1. The van der Waals surface area contributed by atoms with Gasteiger partial charge in [-0.1, -0.05) is 0 Å². The fourth-order valence-corrected chi connectivity index (χ4v) is 2.45. The number of hydrogen-bond donors (Lipinski definition) is 0. The van der Waals surface area contributed by atoms with Crippen molar-refractivity contribution in [3.63, 3.8) is 0 Å². The zero-order valence-corrected chi connectivity index (χ0v) is 12.1.